The molecule has 2 nitrogen and oxygen atoms in total. The van der Waals surface area contributed by atoms with Crippen LogP contribution in [-0.4, -0.2) is 10.4 Å². The van der Waals surface area contributed by atoms with Gasteiger partial charge in [-0.25, -0.2) is 0 Å². The van der Waals surface area contributed by atoms with E-state index in [0.29, 0.717) is 0 Å². The van der Waals surface area contributed by atoms with Crippen molar-refractivity contribution >= 4 is 5.78 Å². The van der Waals surface area contributed by atoms with Crippen molar-refractivity contribution in [2.24, 2.45) is 0 Å². The van der Waals surface area contributed by atoms with Gasteiger partial charge in [0, 0.05) is 11.8 Å². The largest absolute Gasteiger partial charge is 0.313 e. The first-order chi connectivity index (χ1) is 9.34. The lowest BCUT2D eigenvalue weighted by Gasteiger charge is -2.05. The van der Waals surface area contributed by atoms with Crippen molar-refractivity contribution < 1.29 is 4.79 Å². The molecule has 2 aromatic carbocycles. The normalized spacial score (nSPS) is 12.3. The Morgan fingerprint density at radius 1 is 0.789 bits per heavy atom. The fourth-order valence-electron chi connectivity index (χ4n) is 2.65. The summed E-state index contributed by atoms with van der Waals surface area (Å²) in [5.74, 6) is 0.109. The van der Waals surface area contributed by atoms with Crippen LogP contribution in [0.5, 0.6) is 0 Å². The number of rotatable bonds is 1. The zero-order valence-corrected chi connectivity index (χ0v) is 10.2. The number of aromatic nitrogens is 1. The summed E-state index contributed by atoms with van der Waals surface area (Å²) in [6.45, 7) is 0. The molecule has 2 heteroatoms. The Balaban J connectivity index is 1.91. The summed E-state index contributed by atoms with van der Waals surface area (Å²) in [4.78, 5) is 12.3. The van der Waals surface area contributed by atoms with E-state index in [-0.39, 0.29) is 5.78 Å². The fourth-order valence-corrected chi connectivity index (χ4v) is 2.65. The first-order valence-electron chi connectivity index (χ1n) is 6.26. The summed E-state index contributed by atoms with van der Waals surface area (Å²) in [7, 11) is 0. The Hall–Kier alpha value is -2.61. The molecular formula is C17H11NO. The summed E-state index contributed by atoms with van der Waals surface area (Å²) < 4.78 is 1.95. The average molecular weight is 245 g/mol. The second kappa shape index (κ2) is 3.69. The van der Waals surface area contributed by atoms with Crippen molar-refractivity contribution in [3.05, 3.63) is 78.1 Å². The minimum Gasteiger partial charge on any atom is -0.313 e. The summed E-state index contributed by atoms with van der Waals surface area (Å²) >= 11 is 0. The maximum absolute atomic E-state index is 12.3. The van der Waals surface area contributed by atoms with Crippen LogP contribution in [0.15, 0.2) is 66.9 Å². The monoisotopic (exact) mass is 245 g/mol. The van der Waals surface area contributed by atoms with Gasteiger partial charge in [0.1, 0.15) is 0 Å². The maximum atomic E-state index is 12.3. The molecule has 4 rings (SSSR count). The maximum Gasteiger partial charge on any atom is 0.211 e. The zero-order valence-electron chi connectivity index (χ0n) is 10.2. The van der Waals surface area contributed by atoms with Crippen molar-refractivity contribution in [1.82, 2.24) is 4.57 Å². The molecule has 1 aliphatic rings. The van der Waals surface area contributed by atoms with Crippen LogP contribution < -0.4 is 0 Å². The summed E-state index contributed by atoms with van der Waals surface area (Å²) in [5.41, 5.74) is 4.73. The van der Waals surface area contributed by atoms with Crippen molar-refractivity contribution in [3.63, 3.8) is 0 Å². The van der Waals surface area contributed by atoms with Crippen LogP contribution >= 0.6 is 0 Å². The number of hydrogen-bond acceptors (Lipinski definition) is 1. The van der Waals surface area contributed by atoms with E-state index in [9.17, 15) is 4.79 Å². The Kier molecular flexibility index (Phi) is 2.00. The Labute approximate surface area is 110 Å². The number of hydrogen-bond donors (Lipinski definition) is 0. The van der Waals surface area contributed by atoms with Crippen LogP contribution in [0, 0.1) is 0 Å². The van der Waals surface area contributed by atoms with E-state index in [0.717, 1.165) is 28.1 Å². The first kappa shape index (κ1) is 10.3. The predicted molar refractivity (Wildman–Crippen MR) is 74.6 cm³/mol. The minimum absolute atomic E-state index is 0.109. The van der Waals surface area contributed by atoms with Gasteiger partial charge in [-0.05, 0) is 35.4 Å². The van der Waals surface area contributed by atoms with E-state index < -0.39 is 0 Å². The number of carbonyl (C=O) groups is 1. The predicted octanol–water partition coefficient (Wildman–Crippen LogP) is 3.69. The molecule has 0 N–H and O–H groups in total. The third-order valence-electron chi connectivity index (χ3n) is 3.59. The molecule has 1 aromatic heterocycles. The first-order valence-corrected chi connectivity index (χ1v) is 6.26. The molecule has 0 bridgehead atoms. The standard InChI is InChI=1S/C17H11NO/c19-17-14-11-13(12-5-2-1-3-6-12)8-9-15(14)18-10-4-7-16(17)18/h1-11H. The molecule has 0 spiro atoms. The highest BCUT2D eigenvalue weighted by Gasteiger charge is 2.26. The smallest absolute Gasteiger partial charge is 0.211 e. The Morgan fingerprint density at radius 2 is 1.63 bits per heavy atom. The molecule has 0 atom stereocenters. The molecule has 0 aliphatic carbocycles. The van der Waals surface area contributed by atoms with Gasteiger partial charge in [0.05, 0.1) is 11.4 Å². The van der Waals surface area contributed by atoms with E-state index in [1.54, 1.807) is 0 Å². The Bertz CT molecular complexity index is 784. The van der Waals surface area contributed by atoms with Crippen LogP contribution in [0.3, 0.4) is 0 Å². The number of nitrogens with zero attached hydrogens (tertiary/aromatic N) is 1. The highest BCUT2D eigenvalue weighted by molar-refractivity contribution is 6.14. The lowest BCUT2D eigenvalue weighted by Crippen LogP contribution is -1.94. The molecule has 1 aliphatic heterocycles. The van der Waals surface area contributed by atoms with Gasteiger partial charge in [0.15, 0.2) is 0 Å². The van der Waals surface area contributed by atoms with E-state index in [1.165, 1.54) is 0 Å². The molecule has 0 unspecified atom stereocenters. The topological polar surface area (TPSA) is 22.0 Å². The van der Waals surface area contributed by atoms with Crippen LogP contribution in [0.25, 0.3) is 16.8 Å². The van der Waals surface area contributed by atoms with Crippen LogP contribution in [0.1, 0.15) is 16.1 Å². The average Bonchev–Trinajstić information content (AvgIpc) is 3.04. The van der Waals surface area contributed by atoms with E-state index in [1.807, 2.05) is 53.2 Å². The summed E-state index contributed by atoms with van der Waals surface area (Å²) in [5, 5.41) is 0. The molecule has 0 saturated heterocycles. The van der Waals surface area contributed by atoms with Crippen LogP contribution in [0.4, 0.5) is 0 Å². The van der Waals surface area contributed by atoms with Gasteiger partial charge in [0.2, 0.25) is 5.78 Å². The van der Waals surface area contributed by atoms with E-state index >= 15 is 0 Å². The van der Waals surface area contributed by atoms with Gasteiger partial charge in [-0.2, -0.15) is 0 Å². The Morgan fingerprint density at radius 3 is 2.47 bits per heavy atom. The van der Waals surface area contributed by atoms with Gasteiger partial charge in [-0.1, -0.05) is 36.4 Å². The minimum atomic E-state index is 0.109. The third-order valence-corrected chi connectivity index (χ3v) is 3.59. The highest BCUT2D eigenvalue weighted by Crippen LogP contribution is 2.31. The molecule has 0 saturated carbocycles. The third kappa shape index (κ3) is 1.40. The molecule has 0 radical (unpaired) electrons. The van der Waals surface area contributed by atoms with E-state index in [4.69, 9.17) is 0 Å². The van der Waals surface area contributed by atoms with E-state index in [2.05, 4.69) is 18.2 Å². The van der Waals surface area contributed by atoms with Crippen molar-refractivity contribution in [1.29, 1.82) is 0 Å². The lowest BCUT2D eigenvalue weighted by atomic mass is 10.0. The lowest BCUT2D eigenvalue weighted by molar-refractivity contribution is 0.104. The second-order valence-electron chi connectivity index (χ2n) is 4.69. The van der Waals surface area contributed by atoms with Gasteiger partial charge in [-0.3, -0.25) is 4.79 Å². The van der Waals surface area contributed by atoms with Crippen LogP contribution in [0.2, 0.25) is 0 Å². The highest BCUT2D eigenvalue weighted by atomic mass is 16.1. The fraction of sp³-hybridized carbons (Fsp3) is 0. The molecule has 2 heterocycles. The molecule has 19 heavy (non-hydrogen) atoms. The second-order valence-corrected chi connectivity index (χ2v) is 4.69. The zero-order chi connectivity index (χ0) is 12.8. The summed E-state index contributed by atoms with van der Waals surface area (Å²) in [6, 6.07) is 20.0. The number of fused-ring (bicyclic) bond motifs is 3. The quantitative estimate of drug-likeness (QED) is 0.501. The van der Waals surface area contributed by atoms with Gasteiger partial charge < -0.3 is 4.57 Å². The number of carbonyl (C=O) groups excluding carboxylic acids is 1. The molecule has 3 aromatic rings. The number of benzene rings is 2. The van der Waals surface area contributed by atoms with Gasteiger partial charge >= 0.3 is 0 Å². The number of ketones is 1. The molecular weight excluding hydrogens is 234 g/mol. The molecule has 90 valence electrons. The summed E-state index contributed by atoms with van der Waals surface area (Å²) in [6.07, 6.45) is 1.93. The molecule has 0 amide bonds. The van der Waals surface area contributed by atoms with Crippen molar-refractivity contribution in [2.75, 3.05) is 0 Å². The van der Waals surface area contributed by atoms with Crippen LogP contribution in [-0.2, 0) is 0 Å². The van der Waals surface area contributed by atoms with Gasteiger partial charge in [-0.15, -0.1) is 0 Å². The SMILES string of the molecule is O=C1c2cc(-c3ccccc3)ccc2-n2cccc21. The van der Waals surface area contributed by atoms with Crippen molar-refractivity contribution in [2.45, 2.75) is 0 Å². The van der Waals surface area contributed by atoms with Crippen molar-refractivity contribution in [3.8, 4) is 16.8 Å². The molecule has 0 fully saturated rings. The van der Waals surface area contributed by atoms with Gasteiger partial charge in [0.25, 0.3) is 0 Å².